The van der Waals surface area contributed by atoms with Gasteiger partial charge in [-0.05, 0) is 25.0 Å². The molecule has 1 aromatic rings. The third kappa shape index (κ3) is 3.46. The van der Waals surface area contributed by atoms with Crippen molar-refractivity contribution in [2.24, 2.45) is 0 Å². The fraction of sp³-hybridized carbons (Fsp3) is 0.600. The van der Waals surface area contributed by atoms with Gasteiger partial charge in [-0.3, -0.25) is 4.90 Å². The highest BCUT2D eigenvalue weighted by Gasteiger charge is 2.35. The van der Waals surface area contributed by atoms with Crippen LogP contribution in [-0.4, -0.2) is 62.9 Å². The molecule has 2 aliphatic rings. The number of piperazine rings is 1. The molecular weight excluding hydrogens is 322 g/mol. The molecule has 2 heterocycles. The summed E-state index contributed by atoms with van der Waals surface area (Å²) >= 11 is 0. The van der Waals surface area contributed by atoms with E-state index in [1.165, 1.54) is 0 Å². The molecule has 0 saturated carbocycles. The number of halogens is 1. The number of benzene rings is 1. The fourth-order valence-electron chi connectivity index (χ4n) is 3.26. The largest absolute Gasteiger partial charge is 0.314 e. The van der Waals surface area contributed by atoms with Gasteiger partial charge in [-0.1, -0.05) is 18.2 Å². The van der Waals surface area contributed by atoms with E-state index in [1.54, 1.807) is 16.4 Å². The van der Waals surface area contributed by atoms with Crippen LogP contribution in [0.15, 0.2) is 29.2 Å². The van der Waals surface area contributed by atoms with Gasteiger partial charge in [-0.25, -0.2) is 8.42 Å². The molecule has 5 nitrogen and oxygen atoms in total. The maximum atomic E-state index is 12.8. The van der Waals surface area contributed by atoms with Gasteiger partial charge in [0.05, 0.1) is 4.90 Å². The van der Waals surface area contributed by atoms with Gasteiger partial charge < -0.3 is 5.32 Å². The standard InChI is InChI=1S/C15H23N3O2S.ClH/c1-13-4-2-3-5-15(13)21(19,20)18-9-6-14(12-18)17-10-7-16-8-11-17;/h2-5,14,16H,6-12H2,1H3;1H. The molecule has 3 rings (SSSR count). The predicted octanol–water partition coefficient (Wildman–Crippen LogP) is 1.09. The van der Waals surface area contributed by atoms with Gasteiger partial charge in [0.25, 0.3) is 0 Å². The highest BCUT2D eigenvalue weighted by molar-refractivity contribution is 7.89. The SMILES string of the molecule is Cc1ccccc1S(=O)(=O)N1CCC(N2CCNCC2)C1.Cl. The van der Waals surface area contributed by atoms with Crippen LogP contribution >= 0.6 is 12.4 Å². The van der Waals surface area contributed by atoms with Gasteiger partial charge in [0.15, 0.2) is 0 Å². The van der Waals surface area contributed by atoms with Crippen molar-refractivity contribution in [2.45, 2.75) is 24.3 Å². The Kier molecular flexibility index (Phi) is 5.85. The molecule has 0 amide bonds. The minimum absolute atomic E-state index is 0. The molecule has 1 atom stereocenters. The van der Waals surface area contributed by atoms with Crippen molar-refractivity contribution in [1.29, 1.82) is 0 Å². The second kappa shape index (κ2) is 7.27. The summed E-state index contributed by atoms with van der Waals surface area (Å²) in [5.74, 6) is 0. The number of nitrogens with one attached hydrogen (secondary N) is 1. The van der Waals surface area contributed by atoms with Gasteiger partial charge in [0.1, 0.15) is 0 Å². The third-order valence-electron chi connectivity index (χ3n) is 4.51. The number of sulfonamides is 1. The second-order valence-electron chi connectivity index (χ2n) is 5.86. The molecule has 22 heavy (non-hydrogen) atoms. The lowest BCUT2D eigenvalue weighted by atomic mass is 10.2. The smallest absolute Gasteiger partial charge is 0.243 e. The molecular formula is C15H24ClN3O2S. The van der Waals surface area contributed by atoms with Crippen LogP contribution in [0.25, 0.3) is 0 Å². The highest BCUT2D eigenvalue weighted by atomic mass is 35.5. The number of hydrogen-bond acceptors (Lipinski definition) is 4. The predicted molar refractivity (Wildman–Crippen MR) is 90.0 cm³/mol. The molecule has 1 aromatic carbocycles. The van der Waals surface area contributed by atoms with E-state index in [9.17, 15) is 8.42 Å². The summed E-state index contributed by atoms with van der Waals surface area (Å²) in [6.45, 7) is 7.15. The summed E-state index contributed by atoms with van der Waals surface area (Å²) in [7, 11) is -3.35. The summed E-state index contributed by atoms with van der Waals surface area (Å²) in [6, 6.07) is 7.61. The van der Waals surface area contributed by atoms with E-state index in [1.807, 2.05) is 19.1 Å². The topological polar surface area (TPSA) is 52.7 Å². The Hall–Kier alpha value is -0.660. The molecule has 1 unspecified atom stereocenters. The van der Waals surface area contributed by atoms with Gasteiger partial charge in [-0.15, -0.1) is 12.4 Å². The maximum absolute atomic E-state index is 12.8. The van der Waals surface area contributed by atoms with E-state index in [-0.39, 0.29) is 12.4 Å². The van der Waals surface area contributed by atoms with E-state index in [0.717, 1.165) is 38.2 Å². The van der Waals surface area contributed by atoms with Gasteiger partial charge in [0, 0.05) is 45.3 Å². The van der Waals surface area contributed by atoms with Crippen molar-refractivity contribution in [1.82, 2.24) is 14.5 Å². The lowest BCUT2D eigenvalue weighted by Crippen LogP contribution is -2.49. The summed E-state index contributed by atoms with van der Waals surface area (Å²) in [5.41, 5.74) is 0.822. The summed E-state index contributed by atoms with van der Waals surface area (Å²) in [4.78, 5) is 2.87. The zero-order chi connectivity index (χ0) is 14.9. The Morgan fingerprint density at radius 2 is 1.82 bits per heavy atom. The molecule has 0 bridgehead atoms. The summed E-state index contributed by atoms with van der Waals surface area (Å²) in [6.07, 6.45) is 0.936. The first-order chi connectivity index (χ1) is 10.1. The van der Waals surface area contributed by atoms with Crippen molar-refractivity contribution >= 4 is 22.4 Å². The van der Waals surface area contributed by atoms with E-state index in [0.29, 0.717) is 24.0 Å². The number of aryl methyl sites for hydroxylation is 1. The van der Waals surface area contributed by atoms with E-state index in [4.69, 9.17) is 0 Å². The van der Waals surface area contributed by atoms with E-state index >= 15 is 0 Å². The minimum atomic E-state index is -3.35. The third-order valence-corrected chi connectivity index (χ3v) is 6.53. The molecule has 2 aliphatic heterocycles. The van der Waals surface area contributed by atoms with Crippen LogP contribution < -0.4 is 5.32 Å². The molecule has 1 N–H and O–H groups in total. The highest BCUT2D eigenvalue weighted by Crippen LogP contribution is 2.25. The Morgan fingerprint density at radius 1 is 1.14 bits per heavy atom. The molecule has 7 heteroatoms. The molecule has 2 fully saturated rings. The van der Waals surface area contributed by atoms with E-state index in [2.05, 4.69) is 10.2 Å². The van der Waals surface area contributed by atoms with Crippen LogP contribution in [0.5, 0.6) is 0 Å². The Bertz CT molecular complexity index is 603. The lowest BCUT2D eigenvalue weighted by molar-refractivity contribution is 0.179. The lowest BCUT2D eigenvalue weighted by Gasteiger charge is -2.32. The Balaban J connectivity index is 0.00000176. The van der Waals surface area contributed by atoms with Crippen molar-refractivity contribution in [3.63, 3.8) is 0 Å². The van der Waals surface area contributed by atoms with Crippen molar-refractivity contribution in [2.75, 3.05) is 39.3 Å². The Morgan fingerprint density at radius 3 is 2.50 bits per heavy atom. The van der Waals surface area contributed by atoms with E-state index < -0.39 is 10.0 Å². The average molecular weight is 346 g/mol. The van der Waals surface area contributed by atoms with Crippen molar-refractivity contribution < 1.29 is 8.42 Å². The number of nitrogens with zero attached hydrogens (tertiary/aromatic N) is 2. The first-order valence-electron chi connectivity index (χ1n) is 7.59. The first-order valence-corrected chi connectivity index (χ1v) is 9.03. The summed E-state index contributed by atoms with van der Waals surface area (Å²) in [5, 5.41) is 3.34. The van der Waals surface area contributed by atoms with Crippen LogP contribution in [0.4, 0.5) is 0 Å². The van der Waals surface area contributed by atoms with Gasteiger partial charge in [0.2, 0.25) is 10.0 Å². The minimum Gasteiger partial charge on any atom is -0.314 e. The normalized spacial score (nSPS) is 24.1. The number of rotatable bonds is 3. The summed E-state index contributed by atoms with van der Waals surface area (Å²) < 4.78 is 27.2. The van der Waals surface area contributed by atoms with Crippen molar-refractivity contribution in [3.8, 4) is 0 Å². The molecule has 0 spiro atoms. The molecule has 0 aliphatic carbocycles. The Labute approximate surface area is 139 Å². The monoisotopic (exact) mass is 345 g/mol. The molecule has 0 aromatic heterocycles. The van der Waals surface area contributed by atoms with Crippen LogP contribution in [-0.2, 0) is 10.0 Å². The number of hydrogen-bond donors (Lipinski definition) is 1. The van der Waals surface area contributed by atoms with Gasteiger partial charge in [-0.2, -0.15) is 4.31 Å². The van der Waals surface area contributed by atoms with Crippen molar-refractivity contribution in [3.05, 3.63) is 29.8 Å². The quantitative estimate of drug-likeness (QED) is 0.891. The first kappa shape index (κ1) is 17.7. The van der Waals surface area contributed by atoms with Crippen LogP contribution in [0.1, 0.15) is 12.0 Å². The van der Waals surface area contributed by atoms with Crippen LogP contribution in [0.3, 0.4) is 0 Å². The van der Waals surface area contributed by atoms with Gasteiger partial charge >= 0.3 is 0 Å². The molecule has 124 valence electrons. The zero-order valence-corrected chi connectivity index (χ0v) is 14.5. The second-order valence-corrected chi connectivity index (χ2v) is 7.76. The zero-order valence-electron chi connectivity index (χ0n) is 12.9. The molecule has 0 radical (unpaired) electrons. The molecule has 2 saturated heterocycles. The average Bonchev–Trinajstić information content (AvgIpc) is 2.99. The maximum Gasteiger partial charge on any atom is 0.243 e. The van der Waals surface area contributed by atoms with Crippen LogP contribution in [0.2, 0.25) is 0 Å². The fourth-order valence-corrected chi connectivity index (χ4v) is 4.98. The van der Waals surface area contributed by atoms with Crippen LogP contribution in [0, 0.1) is 6.92 Å².